The minimum atomic E-state index is -0.793. The molecule has 1 N–H and O–H groups in total. The standard InChI is InChI=1S/C21H17N5O2/c27-21(25-17-11-12-19(23-13-17)26-15-22-14-24-26)20(16-7-3-1-4-8-16)28-18-9-5-2-6-10-18/h1-15,20H,(H,25,27)/t20-/m0/s1. The van der Waals surface area contributed by atoms with Crippen LogP contribution in [0.4, 0.5) is 5.69 Å². The van der Waals surface area contributed by atoms with Gasteiger partial charge >= 0.3 is 0 Å². The van der Waals surface area contributed by atoms with Gasteiger partial charge in [0.1, 0.15) is 18.4 Å². The molecule has 0 saturated heterocycles. The number of nitrogens with zero attached hydrogens (tertiary/aromatic N) is 4. The highest BCUT2D eigenvalue weighted by Crippen LogP contribution is 2.23. The van der Waals surface area contributed by atoms with E-state index in [2.05, 4.69) is 20.4 Å². The Morgan fingerprint density at radius 2 is 1.71 bits per heavy atom. The van der Waals surface area contributed by atoms with Crippen LogP contribution in [0.1, 0.15) is 11.7 Å². The predicted octanol–water partition coefficient (Wildman–Crippen LogP) is 3.42. The Balaban J connectivity index is 1.53. The highest BCUT2D eigenvalue weighted by atomic mass is 16.5. The van der Waals surface area contributed by atoms with Crippen LogP contribution in [0.15, 0.2) is 91.6 Å². The Hall–Kier alpha value is -4.00. The Labute approximate surface area is 161 Å². The lowest BCUT2D eigenvalue weighted by molar-refractivity contribution is -0.123. The van der Waals surface area contributed by atoms with Crippen LogP contribution in [-0.2, 0) is 4.79 Å². The normalized spacial score (nSPS) is 11.6. The van der Waals surface area contributed by atoms with Gasteiger partial charge in [-0.1, -0.05) is 48.5 Å². The van der Waals surface area contributed by atoms with Crippen molar-refractivity contribution in [3.8, 4) is 11.6 Å². The third kappa shape index (κ3) is 4.04. The monoisotopic (exact) mass is 371 g/mol. The van der Waals surface area contributed by atoms with E-state index >= 15 is 0 Å². The van der Waals surface area contributed by atoms with E-state index in [-0.39, 0.29) is 5.91 Å². The van der Waals surface area contributed by atoms with Crippen LogP contribution in [0.5, 0.6) is 5.75 Å². The molecule has 1 atom stereocenters. The molecule has 0 aliphatic heterocycles. The van der Waals surface area contributed by atoms with E-state index < -0.39 is 6.10 Å². The molecule has 0 unspecified atom stereocenters. The number of carbonyl (C=O) groups is 1. The van der Waals surface area contributed by atoms with Gasteiger partial charge in [0.15, 0.2) is 5.82 Å². The lowest BCUT2D eigenvalue weighted by Crippen LogP contribution is -2.25. The van der Waals surface area contributed by atoms with Gasteiger partial charge < -0.3 is 10.1 Å². The molecule has 0 fully saturated rings. The summed E-state index contributed by atoms with van der Waals surface area (Å²) < 4.78 is 7.50. The lowest BCUT2D eigenvalue weighted by atomic mass is 10.1. The van der Waals surface area contributed by atoms with Crippen molar-refractivity contribution in [1.29, 1.82) is 0 Å². The molecule has 0 spiro atoms. The number of benzene rings is 2. The van der Waals surface area contributed by atoms with Crippen molar-refractivity contribution in [1.82, 2.24) is 19.7 Å². The highest BCUT2D eigenvalue weighted by Gasteiger charge is 2.23. The maximum absolute atomic E-state index is 12.9. The molecule has 0 bridgehead atoms. The molecule has 2 heterocycles. The van der Waals surface area contributed by atoms with Crippen molar-refractivity contribution in [2.45, 2.75) is 6.10 Å². The summed E-state index contributed by atoms with van der Waals surface area (Å²) in [4.78, 5) is 21.1. The van der Waals surface area contributed by atoms with Crippen molar-refractivity contribution in [2.75, 3.05) is 5.32 Å². The summed E-state index contributed by atoms with van der Waals surface area (Å²) in [6.07, 6.45) is 3.76. The van der Waals surface area contributed by atoms with Gasteiger partial charge in [-0.05, 0) is 24.3 Å². The second-order valence-electron chi connectivity index (χ2n) is 5.96. The van der Waals surface area contributed by atoms with Gasteiger partial charge in [-0.15, -0.1) is 0 Å². The van der Waals surface area contributed by atoms with Gasteiger partial charge in [0.25, 0.3) is 5.91 Å². The van der Waals surface area contributed by atoms with Gasteiger partial charge in [-0.25, -0.2) is 14.6 Å². The largest absolute Gasteiger partial charge is 0.476 e. The smallest absolute Gasteiger partial charge is 0.270 e. The Morgan fingerprint density at radius 3 is 2.36 bits per heavy atom. The topological polar surface area (TPSA) is 81.9 Å². The van der Waals surface area contributed by atoms with Crippen LogP contribution in [0, 0.1) is 0 Å². The first-order valence-electron chi connectivity index (χ1n) is 8.68. The van der Waals surface area contributed by atoms with Crippen molar-refractivity contribution < 1.29 is 9.53 Å². The van der Waals surface area contributed by atoms with Crippen molar-refractivity contribution in [3.63, 3.8) is 0 Å². The molecule has 2 aromatic heterocycles. The van der Waals surface area contributed by atoms with E-state index in [0.29, 0.717) is 17.3 Å². The number of para-hydroxylation sites is 1. The minimum Gasteiger partial charge on any atom is -0.476 e. The number of amides is 1. The first-order valence-corrected chi connectivity index (χ1v) is 8.68. The Kier molecular flexibility index (Phi) is 5.06. The zero-order chi connectivity index (χ0) is 19.2. The number of hydrogen-bond acceptors (Lipinski definition) is 5. The van der Waals surface area contributed by atoms with Crippen LogP contribution < -0.4 is 10.1 Å². The highest BCUT2D eigenvalue weighted by molar-refractivity contribution is 5.95. The number of pyridine rings is 1. The zero-order valence-corrected chi connectivity index (χ0v) is 14.8. The Bertz CT molecular complexity index is 1020. The number of aromatic nitrogens is 4. The quantitative estimate of drug-likeness (QED) is 0.562. The summed E-state index contributed by atoms with van der Waals surface area (Å²) in [6.45, 7) is 0. The first kappa shape index (κ1) is 17.4. The predicted molar refractivity (Wildman–Crippen MR) is 104 cm³/mol. The van der Waals surface area contributed by atoms with Crippen LogP contribution >= 0.6 is 0 Å². The fourth-order valence-corrected chi connectivity index (χ4v) is 2.67. The summed E-state index contributed by atoms with van der Waals surface area (Å²) in [7, 11) is 0. The van der Waals surface area contributed by atoms with E-state index in [9.17, 15) is 4.79 Å². The number of nitrogens with one attached hydrogen (secondary N) is 1. The third-order valence-electron chi connectivity index (χ3n) is 4.01. The van der Waals surface area contributed by atoms with E-state index in [1.807, 2.05) is 60.7 Å². The molecular weight excluding hydrogens is 354 g/mol. The summed E-state index contributed by atoms with van der Waals surface area (Å²) >= 11 is 0. The molecule has 0 aliphatic rings. The summed E-state index contributed by atoms with van der Waals surface area (Å²) in [5.41, 5.74) is 1.32. The molecule has 7 nitrogen and oxygen atoms in total. The fraction of sp³-hybridized carbons (Fsp3) is 0.0476. The summed E-state index contributed by atoms with van der Waals surface area (Å²) in [5, 5.41) is 6.89. The zero-order valence-electron chi connectivity index (χ0n) is 14.8. The molecular formula is C21H17N5O2. The second kappa shape index (κ2) is 8.13. The molecule has 138 valence electrons. The molecule has 28 heavy (non-hydrogen) atoms. The minimum absolute atomic E-state index is 0.287. The number of anilines is 1. The SMILES string of the molecule is O=C(Nc1ccc(-n2cncn2)nc1)[C@@H](Oc1ccccc1)c1ccccc1. The van der Waals surface area contributed by atoms with Crippen molar-refractivity contribution in [3.05, 3.63) is 97.2 Å². The molecule has 0 aliphatic carbocycles. The molecule has 4 aromatic rings. The molecule has 7 heteroatoms. The maximum atomic E-state index is 12.9. The average Bonchev–Trinajstić information content (AvgIpc) is 3.29. The van der Waals surface area contributed by atoms with Gasteiger partial charge in [0.05, 0.1) is 11.9 Å². The van der Waals surface area contributed by atoms with Crippen LogP contribution in [-0.4, -0.2) is 25.7 Å². The third-order valence-corrected chi connectivity index (χ3v) is 4.01. The second-order valence-corrected chi connectivity index (χ2v) is 5.96. The Morgan fingerprint density at radius 1 is 0.964 bits per heavy atom. The van der Waals surface area contributed by atoms with Crippen molar-refractivity contribution >= 4 is 11.6 Å². The van der Waals surface area contributed by atoms with Gasteiger partial charge in [-0.2, -0.15) is 5.10 Å². The van der Waals surface area contributed by atoms with Crippen LogP contribution in [0.2, 0.25) is 0 Å². The molecule has 0 radical (unpaired) electrons. The lowest BCUT2D eigenvalue weighted by Gasteiger charge is -2.19. The van der Waals surface area contributed by atoms with Crippen molar-refractivity contribution in [2.24, 2.45) is 0 Å². The number of ether oxygens (including phenoxy) is 1. The van der Waals surface area contributed by atoms with Gasteiger partial charge in [0.2, 0.25) is 6.10 Å². The summed E-state index contributed by atoms with van der Waals surface area (Å²) in [5.74, 6) is 0.937. The van der Waals surface area contributed by atoms with E-state index in [0.717, 1.165) is 5.56 Å². The number of hydrogen-bond donors (Lipinski definition) is 1. The maximum Gasteiger partial charge on any atom is 0.270 e. The van der Waals surface area contributed by atoms with E-state index in [1.165, 1.54) is 11.0 Å². The molecule has 0 saturated carbocycles. The molecule has 2 aromatic carbocycles. The molecule has 1 amide bonds. The van der Waals surface area contributed by atoms with Crippen LogP contribution in [0.3, 0.4) is 0 Å². The number of carbonyl (C=O) groups excluding carboxylic acids is 1. The number of rotatable bonds is 6. The van der Waals surface area contributed by atoms with Gasteiger partial charge in [0, 0.05) is 5.56 Å². The van der Waals surface area contributed by atoms with E-state index in [4.69, 9.17) is 4.74 Å². The van der Waals surface area contributed by atoms with E-state index in [1.54, 1.807) is 24.7 Å². The first-order chi connectivity index (χ1) is 13.8. The van der Waals surface area contributed by atoms with Gasteiger partial charge in [-0.3, -0.25) is 4.79 Å². The molecule has 4 rings (SSSR count). The fourth-order valence-electron chi connectivity index (χ4n) is 2.67. The summed E-state index contributed by atoms with van der Waals surface area (Å²) in [6, 6.07) is 22.1. The average molecular weight is 371 g/mol. The van der Waals surface area contributed by atoms with Crippen LogP contribution in [0.25, 0.3) is 5.82 Å².